The third kappa shape index (κ3) is 2.75. The number of nitrogens with zero attached hydrogens (tertiary/aromatic N) is 4. The van der Waals surface area contributed by atoms with E-state index in [1.54, 1.807) is 6.19 Å². The molecule has 0 saturated heterocycles. The highest BCUT2D eigenvalue weighted by molar-refractivity contribution is 6.33. The summed E-state index contributed by atoms with van der Waals surface area (Å²) in [6, 6.07) is 9.78. The maximum atomic E-state index is 11.7. The first kappa shape index (κ1) is 13.1. The van der Waals surface area contributed by atoms with E-state index in [-0.39, 0.29) is 5.02 Å². The molecule has 2 rings (SSSR count). The van der Waals surface area contributed by atoms with Crippen molar-refractivity contribution in [1.82, 2.24) is 9.78 Å². The fraction of sp³-hybridized carbons (Fsp3) is 0.154. The van der Waals surface area contributed by atoms with Gasteiger partial charge in [-0.05, 0) is 5.56 Å². The predicted molar refractivity (Wildman–Crippen MR) is 73.1 cm³/mol. The van der Waals surface area contributed by atoms with Gasteiger partial charge in [-0.1, -0.05) is 41.9 Å². The van der Waals surface area contributed by atoms with E-state index in [2.05, 4.69) is 5.10 Å². The van der Waals surface area contributed by atoms with Crippen LogP contribution in [0.25, 0.3) is 0 Å². The zero-order valence-electron chi connectivity index (χ0n) is 10.2. The molecule has 0 atom stereocenters. The van der Waals surface area contributed by atoms with Crippen molar-refractivity contribution >= 4 is 17.3 Å². The second-order valence-corrected chi connectivity index (χ2v) is 4.38. The number of aromatic nitrogens is 2. The minimum absolute atomic E-state index is 0.00465. The van der Waals surface area contributed by atoms with Crippen molar-refractivity contribution in [3.8, 4) is 6.19 Å². The molecule has 0 aliphatic rings. The standard InChI is InChI=1S/C13H11ClN4O/c1-17(8-10-5-3-2-4-6-10)11-7-16-18(9-15)13(19)12(11)14/h2-7H,8H2,1H3. The predicted octanol–water partition coefficient (Wildman–Crippen LogP) is 1.86. The first-order valence-electron chi connectivity index (χ1n) is 5.56. The fourth-order valence-corrected chi connectivity index (χ4v) is 1.98. The highest BCUT2D eigenvalue weighted by atomic mass is 35.5. The number of hydrogen-bond acceptors (Lipinski definition) is 4. The van der Waals surface area contributed by atoms with Gasteiger partial charge in [-0.25, -0.2) is 0 Å². The Hall–Kier alpha value is -2.32. The lowest BCUT2D eigenvalue weighted by Crippen LogP contribution is -2.25. The molecule has 0 spiro atoms. The Bertz CT molecular complexity index is 675. The van der Waals surface area contributed by atoms with Crippen LogP contribution in [0, 0.1) is 11.5 Å². The van der Waals surface area contributed by atoms with E-state index in [0.29, 0.717) is 16.9 Å². The highest BCUT2D eigenvalue weighted by Gasteiger charge is 2.12. The van der Waals surface area contributed by atoms with Crippen LogP contribution in [-0.4, -0.2) is 16.8 Å². The van der Waals surface area contributed by atoms with Crippen LogP contribution in [-0.2, 0) is 6.54 Å². The van der Waals surface area contributed by atoms with E-state index in [4.69, 9.17) is 16.9 Å². The monoisotopic (exact) mass is 274 g/mol. The Balaban J connectivity index is 2.31. The zero-order valence-corrected chi connectivity index (χ0v) is 11.0. The van der Waals surface area contributed by atoms with Crippen molar-refractivity contribution in [1.29, 1.82) is 5.26 Å². The quantitative estimate of drug-likeness (QED) is 0.857. The number of hydrogen-bond donors (Lipinski definition) is 0. The number of nitriles is 1. The van der Waals surface area contributed by atoms with Gasteiger partial charge in [0.1, 0.15) is 5.02 Å². The maximum absolute atomic E-state index is 11.7. The van der Waals surface area contributed by atoms with E-state index in [0.717, 1.165) is 5.56 Å². The Morgan fingerprint density at radius 2 is 2.11 bits per heavy atom. The van der Waals surface area contributed by atoms with E-state index in [1.165, 1.54) is 6.20 Å². The first-order valence-corrected chi connectivity index (χ1v) is 5.94. The van der Waals surface area contributed by atoms with Crippen molar-refractivity contribution in [2.45, 2.75) is 6.54 Å². The molecule has 0 aliphatic heterocycles. The molecule has 0 radical (unpaired) electrons. The van der Waals surface area contributed by atoms with Crippen molar-refractivity contribution < 1.29 is 0 Å². The van der Waals surface area contributed by atoms with Crippen molar-refractivity contribution in [3.05, 3.63) is 57.5 Å². The lowest BCUT2D eigenvalue weighted by atomic mass is 10.2. The average Bonchev–Trinajstić information content (AvgIpc) is 2.42. The number of benzene rings is 1. The SMILES string of the molecule is CN(Cc1ccccc1)c1cnn(C#N)c(=O)c1Cl. The zero-order chi connectivity index (χ0) is 13.8. The topological polar surface area (TPSA) is 61.9 Å². The molecule has 1 aromatic heterocycles. The van der Waals surface area contributed by atoms with Gasteiger partial charge in [0.15, 0.2) is 0 Å². The van der Waals surface area contributed by atoms with Crippen LogP contribution in [0.5, 0.6) is 0 Å². The summed E-state index contributed by atoms with van der Waals surface area (Å²) >= 11 is 5.97. The fourth-order valence-electron chi connectivity index (χ4n) is 1.70. The summed E-state index contributed by atoms with van der Waals surface area (Å²) in [5.74, 6) is 0. The summed E-state index contributed by atoms with van der Waals surface area (Å²) in [5, 5.41) is 12.4. The van der Waals surface area contributed by atoms with Crippen LogP contribution in [0.2, 0.25) is 5.02 Å². The van der Waals surface area contributed by atoms with Gasteiger partial charge in [0.2, 0.25) is 6.19 Å². The Labute approximate surface area is 115 Å². The normalized spacial score (nSPS) is 9.95. The van der Waals surface area contributed by atoms with Gasteiger partial charge in [0.05, 0.1) is 11.9 Å². The smallest absolute Gasteiger partial charge is 0.301 e. The van der Waals surface area contributed by atoms with Crippen LogP contribution >= 0.6 is 11.6 Å². The second kappa shape index (κ2) is 5.55. The lowest BCUT2D eigenvalue weighted by Gasteiger charge is -2.19. The van der Waals surface area contributed by atoms with Crippen molar-refractivity contribution in [2.75, 3.05) is 11.9 Å². The molecule has 6 heteroatoms. The summed E-state index contributed by atoms with van der Waals surface area (Å²) in [6.07, 6.45) is 3.05. The molecule has 5 nitrogen and oxygen atoms in total. The van der Waals surface area contributed by atoms with Crippen LogP contribution in [0.1, 0.15) is 5.56 Å². The summed E-state index contributed by atoms with van der Waals surface area (Å²) in [4.78, 5) is 13.5. The van der Waals surface area contributed by atoms with Crippen molar-refractivity contribution in [2.24, 2.45) is 0 Å². The second-order valence-electron chi connectivity index (χ2n) is 4.00. The molecular weight excluding hydrogens is 264 g/mol. The van der Waals surface area contributed by atoms with Crippen LogP contribution in [0.3, 0.4) is 0 Å². The molecule has 0 N–H and O–H groups in total. The van der Waals surface area contributed by atoms with Crippen LogP contribution in [0.15, 0.2) is 41.3 Å². The first-order chi connectivity index (χ1) is 9.13. The number of rotatable bonds is 3. The van der Waals surface area contributed by atoms with Gasteiger partial charge in [-0.2, -0.15) is 10.4 Å². The molecule has 0 amide bonds. The largest absolute Gasteiger partial charge is 0.368 e. The van der Waals surface area contributed by atoms with Crippen LogP contribution in [0.4, 0.5) is 5.69 Å². The number of anilines is 1. The molecule has 0 saturated carbocycles. The Kier molecular flexibility index (Phi) is 3.83. The molecule has 19 heavy (non-hydrogen) atoms. The molecule has 2 aromatic rings. The molecule has 0 fully saturated rings. The Morgan fingerprint density at radius 1 is 1.42 bits per heavy atom. The van der Waals surface area contributed by atoms with Gasteiger partial charge in [-0.15, -0.1) is 4.68 Å². The summed E-state index contributed by atoms with van der Waals surface area (Å²) in [6.45, 7) is 0.595. The molecule has 1 aromatic carbocycles. The molecular formula is C13H11ClN4O. The molecule has 0 unspecified atom stereocenters. The lowest BCUT2D eigenvalue weighted by molar-refractivity contribution is 0.807. The van der Waals surface area contributed by atoms with Crippen molar-refractivity contribution in [3.63, 3.8) is 0 Å². The number of halogens is 1. The summed E-state index contributed by atoms with van der Waals surface area (Å²) in [5.41, 5.74) is 0.981. The van der Waals surface area contributed by atoms with E-state index >= 15 is 0 Å². The van der Waals surface area contributed by atoms with E-state index < -0.39 is 5.56 Å². The molecule has 0 aliphatic carbocycles. The third-order valence-corrected chi connectivity index (χ3v) is 3.02. The van der Waals surface area contributed by atoms with Gasteiger partial charge in [-0.3, -0.25) is 4.79 Å². The summed E-state index contributed by atoms with van der Waals surface area (Å²) < 4.78 is 0.655. The Morgan fingerprint density at radius 3 is 2.74 bits per heavy atom. The van der Waals surface area contributed by atoms with Crippen LogP contribution < -0.4 is 10.5 Å². The van der Waals surface area contributed by atoms with Gasteiger partial charge < -0.3 is 4.90 Å². The van der Waals surface area contributed by atoms with Gasteiger partial charge >= 0.3 is 5.56 Å². The molecule has 1 heterocycles. The van der Waals surface area contributed by atoms with Gasteiger partial charge in [0.25, 0.3) is 0 Å². The van der Waals surface area contributed by atoms with E-state index in [1.807, 2.05) is 42.3 Å². The minimum Gasteiger partial charge on any atom is -0.368 e. The maximum Gasteiger partial charge on any atom is 0.301 e. The minimum atomic E-state index is -0.610. The molecule has 0 bridgehead atoms. The third-order valence-electron chi connectivity index (χ3n) is 2.67. The van der Waals surface area contributed by atoms with Gasteiger partial charge in [0, 0.05) is 13.6 Å². The average molecular weight is 275 g/mol. The highest BCUT2D eigenvalue weighted by Crippen LogP contribution is 2.21. The summed E-state index contributed by atoms with van der Waals surface area (Å²) in [7, 11) is 1.81. The molecule has 96 valence electrons. The van der Waals surface area contributed by atoms with E-state index in [9.17, 15) is 4.79 Å².